The van der Waals surface area contributed by atoms with Crippen molar-refractivity contribution in [3.05, 3.63) is 48.0 Å². The van der Waals surface area contributed by atoms with E-state index in [1.54, 1.807) is 0 Å². The third kappa shape index (κ3) is 3.63. The number of phenolic OH excluding ortho intramolecular Hbond substituents is 1. The van der Waals surface area contributed by atoms with Gasteiger partial charge in [-0.3, -0.25) is 0 Å². The van der Waals surface area contributed by atoms with Gasteiger partial charge in [0.25, 0.3) is 0 Å². The van der Waals surface area contributed by atoms with Gasteiger partial charge in [-0.05, 0) is 29.8 Å². The molecule has 0 bridgehead atoms. The van der Waals surface area contributed by atoms with Crippen LogP contribution < -0.4 is 4.74 Å². The highest BCUT2D eigenvalue weighted by Gasteiger charge is 2.35. The van der Waals surface area contributed by atoms with Crippen LogP contribution in [0, 0.1) is 0 Å². The van der Waals surface area contributed by atoms with E-state index in [0.29, 0.717) is 0 Å². The average Bonchev–Trinajstić information content (AvgIpc) is 2.37. The van der Waals surface area contributed by atoms with E-state index in [-0.39, 0.29) is 5.56 Å². The highest BCUT2D eigenvalue weighted by Crippen LogP contribution is 2.42. The van der Waals surface area contributed by atoms with Crippen LogP contribution in [0.15, 0.2) is 42.5 Å². The number of hydrogen-bond acceptors (Lipinski definition) is 2. The first-order valence-corrected chi connectivity index (χ1v) is 5.83. The molecule has 0 aromatic heterocycles. The number of benzene rings is 2. The number of halogens is 6. The van der Waals surface area contributed by atoms with Gasteiger partial charge in [0.05, 0.1) is 5.56 Å². The first-order valence-electron chi connectivity index (χ1n) is 5.83. The van der Waals surface area contributed by atoms with Crippen LogP contribution >= 0.6 is 0 Å². The number of rotatable bonds is 2. The average molecular weight is 322 g/mol. The maximum atomic E-state index is 12.9. The van der Waals surface area contributed by atoms with Gasteiger partial charge in [-0.2, -0.15) is 13.2 Å². The van der Waals surface area contributed by atoms with Gasteiger partial charge in [-0.15, -0.1) is 13.2 Å². The predicted octanol–water partition coefficient (Wildman–Crippen LogP) is 4.98. The molecule has 2 aromatic rings. The van der Waals surface area contributed by atoms with Crippen molar-refractivity contribution >= 4 is 0 Å². The second-order valence-electron chi connectivity index (χ2n) is 4.27. The van der Waals surface area contributed by atoms with Gasteiger partial charge in [0.15, 0.2) is 0 Å². The van der Waals surface area contributed by atoms with E-state index in [1.807, 2.05) is 0 Å². The molecule has 0 heterocycles. The quantitative estimate of drug-likeness (QED) is 0.791. The van der Waals surface area contributed by atoms with Gasteiger partial charge < -0.3 is 9.84 Å². The fourth-order valence-electron chi connectivity index (χ4n) is 1.90. The van der Waals surface area contributed by atoms with E-state index in [9.17, 15) is 31.4 Å². The van der Waals surface area contributed by atoms with E-state index in [0.717, 1.165) is 42.5 Å². The Kier molecular flexibility index (Phi) is 3.95. The van der Waals surface area contributed by atoms with Crippen LogP contribution in [0.1, 0.15) is 5.56 Å². The van der Waals surface area contributed by atoms with E-state index >= 15 is 0 Å². The molecule has 0 amide bonds. The lowest BCUT2D eigenvalue weighted by Gasteiger charge is -2.15. The summed E-state index contributed by atoms with van der Waals surface area (Å²) in [5, 5.41) is 9.65. The molecule has 0 aliphatic carbocycles. The van der Waals surface area contributed by atoms with Crippen molar-refractivity contribution in [1.82, 2.24) is 0 Å². The molecule has 2 aromatic carbocycles. The van der Waals surface area contributed by atoms with Crippen molar-refractivity contribution in [1.29, 1.82) is 0 Å². The molecule has 0 fully saturated rings. The SMILES string of the molecule is Oc1cccc(C(F)(F)F)c1-c1ccc(OC(F)(F)F)cc1. The Hall–Kier alpha value is -2.38. The van der Waals surface area contributed by atoms with E-state index in [2.05, 4.69) is 4.74 Å². The molecule has 0 radical (unpaired) electrons. The van der Waals surface area contributed by atoms with Gasteiger partial charge >= 0.3 is 12.5 Å². The summed E-state index contributed by atoms with van der Waals surface area (Å²) >= 11 is 0. The molecule has 1 N–H and O–H groups in total. The van der Waals surface area contributed by atoms with Crippen molar-refractivity contribution in [2.75, 3.05) is 0 Å². The Morgan fingerprint density at radius 2 is 1.41 bits per heavy atom. The summed E-state index contributed by atoms with van der Waals surface area (Å²) in [6.07, 6.45) is -9.61. The molecule has 0 atom stereocenters. The fraction of sp³-hybridized carbons (Fsp3) is 0.143. The molecule has 8 heteroatoms. The number of aromatic hydroxyl groups is 1. The van der Waals surface area contributed by atoms with Crippen molar-refractivity contribution < 1.29 is 36.2 Å². The lowest BCUT2D eigenvalue weighted by Crippen LogP contribution is -2.17. The summed E-state index contributed by atoms with van der Waals surface area (Å²) in [6, 6.07) is 6.62. The molecular formula is C14H8F6O2. The molecule has 2 rings (SSSR count). The van der Waals surface area contributed by atoms with Crippen LogP contribution in [-0.2, 0) is 6.18 Å². The number of ether oxygens (including phenoxy) is 1. The third-order valence-electron chi connectivity index (χ3n) is 2.72. The Bertz CT molecular complexity index is 659. The van der Waals surface area contributed by atoms with Crippen LogP contribution in [0.4, 0.5) is 26.3 Å². The predicted molar refractivity (Wildman–Crippen MR) is 65.2 cm³/mol. The van der Waals surface area contributed by atoms with Gasteiger partial charge in [-0.25, -0.2) is 0 Å². The lowest BCUT2D eigenvalue weighted by atomic mass is 9.98. The third-order valence-corrected chi connectivity index (χ3v) is 2.72. The minimum atomic E-state index is -4.90. The zero-order chi connectivity index (χ0) is 16.5. The molecule has 0 aliphatic heterocycles. The van der Waals surface area contributed by atoms with E-state index in [4.69, 9.17) is 0 Å². The van der Waals surface area contributed by atoms with Crippen molar-refractivity contribution in [3.8, 4) is 22.6 Å². The summed E-state index contributed by atoms with van der Waals surface area (Å²) in [6.45, 7) is 0. The Morgan fingerprint density at radius 1 is 0.818 bits per heavy atom. The molecule has 0 saturated carbocycles. The zero-order valence-electron chi connectivity index (χ0n) is 10.7. The maximum Gasteiger partial charge on any atom is 0.573 e. The Morgan fingerprint density at radius 3 is 1.91 bits per heavy atom. The van der Waals surface area contributed by atoms with Crippen LogP contribution in [-0.4, -0.2) is 11.5 Å². The normalized spacial score (nSPS) is 12.3. The van der Waals surface area contributed by atoms with Gasteiger partial charge in [0.1, 0.15) is 11.5 Å². The van der Waals surface area contributed by atoms with Gasteiger partial charge in [0.2, 0.25) is 0 Å². The molecule has 0 spiro atoms. The Labute approximate surface area is 120 Å². The standard InChI is InChI=1S/C14H8F6O2/c15-13(16,17)10-2-1-3-11(21)12(10)8-4-6-9(7-5-8)22-14(18,19)20/h1-7,21H. The highest BCUT2D eigenvalue weighted by molar-refractivity contribution is 5.74. The molecule has 2 nitrogen and oxygen atoms in total. The molecule has 118 valence electrons. The first-order chi connectivity index (χ1) is 10.1. The van der Waals surface area contributed by atoms with Crippen molar-refractivity contribution in [2.24, 2.45) is 0 Å². The largest absolute Gasteiger partial charge is 0.573 e. The van der Waals surface area contributed by atoms with Crippen molar-refractivity contribution in [2.45, 2.75) is 12.5 Å². The zero-order valence-corrected chi connectivity index (χ0v) is 10.7. The lowest BCUT2D eigenvalue weighted by molar-refractivity contribution is -0.274. The van der Waals surface area contributed by atoms with E-state index in [1.165, 1.54) is 0 Å². The van der Waals surface area contributed by atoms with Crippen molar-refractivity contribution in [3.63, 3.8) is 0 Å². The highest BCUT2D eigenvalue weighted by atomic mass is 19.4. The molecule has 0 unspecified atom stereocenters. The summed E-state index contributed by atoms with van der Waals surface area (Å²) in [7, 11) is 0. The minimum Gasteiger partial charge on any atom is -0.507 e. The second kappa shape index (κ2) is 5.43. The molecule has 22 heavy (non-hydrogen) atoms. The number of alkyl halides is 6. The van der Waals surface area contributed by atoms with Crippen LogP contribution in [0.25, 0.3) is 11.1 Å². The smallest absolute Gasteiger partial charge is 0.507 e. The van der Waals surface area contributed by atoms with Gasteiger partial charge in [-0.1, -0.05) is 18.2 Å². The molecular weight excluding hydrogens is 314 g/mol. The summed E-state index contributed by atoms with van der Waals surface area (Å²) in [4.78, 5) is 0. The Balaban J connectivity index is 2.45. The van der Waals surface area contributed by atoms with E-state index < -0.39 is 35.2 Å². The topological polar surface area (TPSA) is 29.5 Å². The summed E-state index contributed by atoms with van der Waals surface area (Å²) < 4.78 is 78.5. The number of hydrogen-bond donors (Lipinski definition) is 1. The summed E-state index contributed by atoms with van der Waals surface area (Å²) in [5.41, 5.74) is -1.68. The van der Waals surface area contributed by atoms with Crippen LogP contribution in [0.3, 0.4) is 0 Å². The van der Waals surface area contributed by atoms with Crippen LogP contribution in [0.5, 0.6) is 11.5 Å². The number of phenols is 1. The van der Waals surface area contributed by atoms with Gasteiger partial charge in [0, 0.05) is 5.56 Å². The fourth-order valence-corrected chi connectivity index (χ4v) is 1.90. The molecule has 0 aliphatic rings. The summed E-state index contributed by atoms with van der Waals surface area (Å²) in [5.74, 6) is -1.19. The maximum absolute atomic E-state index is 12.9. The van der Waals surface area contributed by atoms with Crippen LogP contribution in [0.2, 0.25) is 0 Å². The monoisotopic (exact) mass is 322 g/mol. The second-order valence-corrected chi connectivity index (χ2v) is 4.27. The minimum absolute atomic E-state index is 0.0834. The first kappa shape index (κ1) is 16.0. The molecule has 0 saturated heterocycles.